The Hall–Kier alpha value is -1.06. The van der Waals surface area contributed by atoms with Gasteiger partial charge in [-0.15, -0.1) is 0 Å². The van der Waals surface area contributed by atoms with E-state index in [1.165, 1.54) is 11.1 Å². The number of hydrogen-bond acceptors (Lipinski definition) is 3. The Kier molecular flexibility index (Phi) is 6.16. The molecule has 0 aromatic heterocycles. The first kappa shape index (κ1) is 15.0. The molecule has 0 saturated heterocycles. The summed E-state index contributed by atoms with van der Waals surface area (Å²) >= 11 is 0. The average Bonchev–Trinajstić information content (AvgIpc) is 2.37. The van der Waals surface area contributed by atoms with Gasteiger partial charge in [-0.1, -0.05) is 31.5 Å². The molecule has 1 aromatic rings. The molecule has 0 spiro atoms. The number of benzene rings is 1. The topological polar surface area (TPSA) is 41.5 Å². The molecule has 2 unspecified atom stereocenters. The van der Waals surface area contributed by atoms with Crippen LogP contribution in [0.1, 0.15) is 37.9 Å². The van der Waals surface area contributed by atoms with Crippen LogP contribution in [0.15, 0.2) is 18.2 Å². The molecule has 0 amide bonds. The minimum absolute atomic E-state index is 0.157. The van der Waals surface area contributed by atoms with Gasteiger partial charge in [0.1, 0.15) is 5.75 Å². The molecule has 3 nitrogen and oxygen atoms in total. The van der Waals surface area contributed by atoms with E-state index in [0.29, 0.717) is 6.61 Å². The van der Waals surface area contributed by atoms with Crippen molar-refractivity contribution < 1.29 is 9.84 Å². The van der Waals surface area contributed by atoms with Gasteiger partial charge in [0.2, 0.25) is 0 Å². The Balaban J connectivity index is 2.82. The molecule has 102 valence electrons. The third kappa shape index (κ3) is 4.31. The van der Waals surface area contributed by atoms with Gasteiger partial charge in [-0.2, -0.15) is 0 Å². The van der Waals surface area contributed by atoms with Crippen LogP contribution in [0, 0.1) is 12.8 Å². The summed E-state index contributed by atoms with van der Waals surface area (Å²) in [6.45, 7) is 9.93. The molecule has 0 fully saturated rings. The zero-order valence-corrected chi connectivity index (χ0v) is 11.9. The normalized spacial score (nSPS) is 14.3. The van der Waals surface area contributed by atoms with Crippen LogP contribution in [0.25, 0.3) is 0 Å². The Morgan fingerprint density at radius 2 is 2.06 bits per heavy atom. The van der Waals surface area contributed by atoms with Crippen molar-refractivity contribution in [3.05, 3.63) is 29.3 Å². The fourth-order valence-corrected chi connectivity index (χ4v) is 1.84. The van der Waals surface area contributed by atoms with Gasteiger partial charge in [0, 0.05) is 24.1 Å². The van der Waals surface area contributed by atoms with Crippen LogP contribution in [0.3, 0.4) is 0 Å². The van der Waals surface area contributed by atoms with Gasteiger partial charge < -0.3 is 15.2 Å². The van der Waals surface area contributed by atoms with E-state index in [9.17, 15) is 0 Å². The van der Waals surface area contributed by atoms with Crippen molar-refractivity contribution >= 4 is 0 Å². The van der Waals surface area contributed by atoms with Crippen LogP contribution in [0.2, 0.25) is 0 Å². The molecule has 2 N–H and O–H groups in total. The third-order valence-electron chi connectivity index (χ3n) is 2.98. The van der Waals surface area contributed by atoms with E-state index in [4.69, 9.17) is 9.84 Å². The summed E-state index contributed by atoms with van der Waals surface area (Å²) in [5.74, 6) is 1.07. The predicted octanol–water partition coefficient (Wildman–Crippen LogP) is 2.67. The summed E-state index contributed by atoms with van der Waals surface area (Å²) in [6, 6.07) is 6.50. The van der Waals surface area contributed by atoms with Crippen LogP contribution in [-0.2, 0) is 0 Å². The number of aliphatic hydroxyl groups excluding tert-OH is 1. The number of hydrogen-bond donors (Lipinski definition) is 2. The van der Waals surface area contributed by atoms with Crippen molar-refractivity contribution in [3.63, 3.8) is 0 Å². The molecule has 0 saturated carbocycles. The number of ether oxygens (including phenoxy) is 1. The van der Waals surface area contributed by atoms with Crippen LogP contribution >= 0.6 is 0 Å². The number of aliphatic hydroxyl groups is 1. The molecule has 0 bridgehead atoms. The summed E-state index contributed by atoms with van der Waals surface area (Å²) < 4.78 is 5.81. The lowest BCUT2D eigenvalue weighted by Crippen LogP contribution is -2.20. The maximum atomic E-state index is 9.03. The molecule has 0 aliphatic heterocycles. The molecule has 3 heteroatoms. The van der Waals surface area contributed by atoms with Crippen molar-refractivity contribution in [3.8, 4) is 5.75 Å². The first-order chi connectivity index (χ1) is 8.58. The summed E-state index contributed by atoms with van der Waals surface area (Å²) in [5, 5.41) is 12.4. The smallest absolute Gasteiger partial charge is 0.124 e. The van der Waals surface area contributed by atoms with Crippen molar-refractivity contribution in [1.29, 1.82) is 0 Å². The van der Waals surface area contributed by atoms with Gasteiger partial charge in [0.25, 0.3) is 0 Å². The molecule has 0 aliphatic rings. The molecule has 2 atom stereocenters. The van der Waals surface area contributed by atoms with Crippen molar-refractivity contribution in [2.75, 3.05) is 19.8 Å². The van der Waals surface area contributed by atoms with Crippen LogP contribution in [0.4, 0.5) is 0 Å². The van der Waals surface area contributed by atoms with E-state index in [-0.39, 0.29) is 18.6 Å². The lowest BCUT2D eigenvalue weighted by molar-refractivity contribution is 0.173. The van der Waals surface area contributed by atoms with Crippen LogP contribution < -0.4 is 10.1 Å². The summed E-state index contributed by atoms with van der Waals surface area (Å²) in [5.41, 5.74) is 2.42. The molecule has 0 radical (unpaired) electrons. The SMILES string of the molecule is CCNC(C)c1cc(C)ccc1OCC(C)CO. The summed E-state index contributed by atoms with van der Waals surface area (Å²) in [4.78, 5) is 0. The maximum Gasteiger partial charge on any atom is 0.124 e. The second-order valence-corrected chi connectivity index (χ2v) is 4.92. The van der Waals surface area contributed by atoms with Gasteiger partial charge >= 0.3 is 0 Å². The van der Waals surface area contributed by atoms with Crippen molar-refractivity contribution in [2.45, 2.75) is 33.7 Å². The molecule has 0 aliphatic carbocycles. The summed E-state index contributed by atoms with van der Waals surface area (Å²) in [6.07, 6.45) is 0. The van der Waals surface area contributed by atoms with E-state index in [1.807, 2.05) is 13.0 Å². The van der Waals surface area contributed by atoms with E-state index < -0.39 is 0 Å². The lowest BCUT2D eigenvalue weighted by atomic mass is 10.0. The molecule has 18 heavy (non-hydrogen) atoms. The van der Waals surface area contributed by atoms with E-state index in [0.717, 1.165) is 12.3 Å². The number of rotatable bonds is 7. The Morgan fingerprint density at radius 1 is 1.33 bits per heavy atom. The quantitative estimate of drug-likeness (QED) is 0.783. The van der Waals surface area contributed by atoms with E-state index in [1.54, 1.807) is 0 Å². The highest BCUT2D eigenvalue weighted by Crippen LogP contribution is 2.26. The van der Waals surface area contributed by atoms with Crippen LogP contribution in [0.5, 0.6) is 5.75 Å². The minimum atomic E-state index is 0.157. The lowest BCUT2D eigenvalue weighted by Gasteiger charge is -2.19. The zero-order valence-electron chi connectivity index (χ0n) is 11.9. The van der Waals surface area contributed by atoms with Gasteiger partial charge in [-0.05, 0) is 26.5 Å². The first-order valence-corrected chi connectivity index (χ1v) is 6.66. The second kappa shape index (κ2) is 7.39. The minimum Gasteiger partial charge on any atom is -0.493 e. The predicted molar refractivity (Wildman–Crippen MR) is 75.0 cm³/mol. The Bertz CT molecular complexity index is 366. The highest BCUT2D eigenvalue weighted by molar-refractivity contribution is 5.39. The highest BCUT2D eigenvalue weighted by atomic mass is 16.5. The number of aryl methyl sites for hydroxylation is 1. The van der Waals surface area contributed by atoms with Crippen molar-refractivity contribution in [1.82, 2.24) is 5.32 Å². The Morgan fingerprint density at radius 3 is 2.67 bits per heavy atom. The van der Waals surface area contributed by atoms with Gasteiger partial charge in [0.05, 0.1) is 6.61 Å². The fourth-order valence-electron chi connectivity index (χ4n) is 1.84. The van der Waals surface area contributed by atoms with E-state index in [2.05, 4.69) is 38.2 Å². The molecular weight excluding hydrogens is 226 g/mol. The van der Waals surface area contributed by atoms with E-state index >= 15 is 0 Å². The van der Waals surface area contributed by atoms with Crippen molar-refractivity contribution in [2.24, 2.45) is 5.92 Å². The molecular formula is C15H25NO2. The zero-order chi connectivity index (χ0) is 13.5. The van der Waals surface area contributed by atoms with Gasteiger partial charge in [-0.3, -0.25) is 0 Å². The van der Waals surface area contributed by atoms with Crippen LogP contribution in [-0.4, -0.2) is 24.9 Å². The average molecular weight is 251 g/mol. The second-order valence-electron chi connectivity index (χ2n) is 4.92. The van der Waals surface area contributed by atoms with Gasteiger partial charge in [0.15, 0.2) is 0 Å². The largest absolute Gasteiger partial charge is 0.493 e. The summed E-state index contributed by atoms with van der Waals surface area (Å²) in [7, 11) is 0. The highest BCUT2D eigenvalue weighted by Gasteiger charge is 2.12. The molecule has 0 heterocycles. The molecule has 1 aromatic carbocycles. The fraction of sp³-hybridized carbons (Fsp3) is 0.600. The molecule has 1 rings (SSSR count). The first-order valence-electron chi connectivity index (χ1n) is 6.66. The maximum absolute atomic E-state index is 9.03. The number of nitrogens with one attached hydrogen (secondary N) is 1. The van der Waals surface area contributed by atoms with Gasteiger partial charge in [-0.25, -0.2) is 0 Å². The Labute approximate surface area is 110 Å². The third-order valence-corrected chi connectivity index (χ3v) is 2.98. The standard InChI is InChI=1S/C15H25NO2/c1-5-16-13(4)14-8-11(2)6-7-15(14)18-10-12(3)9-17/h6-8,12-13,16-17H,5,9-10H2,1-4H3. The monoisotopic (exact) mass is 251 g/mol.